The largest absolute Gasteiger partial charge is 0.335 e. The zero-order valence-corrected chi connectivity index (χ0v) is 8.67. The van der Waals surface area contributed by atoms with Crippen molar-refractivity contribution in [3.05, 3.63) is 53.7 Å². The summed E-state index contributed by atoms with van der Waals surface area (Å²) in [4.78, 5) is 3.97. The van der Waals surface area contributed by atoms with Gasteiger partial charge in [-0.1, -0.05) is 6.07 Å². The Morgan fingerprint density at radius 2 is 1.81 bits per heavy atom. The highest BCUT2D eigenvalue weighted by Gasteiger charge is 2.08. The second kappa shape index (κ2) is 4.26. The standard InChI is InChI=1S/C12H10F2N2/c1-8-5-6-15-11(7-8)16-12-9(13)3-2-4-10(12)14/h2-7H,1H3,(H,15,16). The average Bonchev–Trinajstić information content (AvgIpc) is 2.24. The Balaban J connectivity index is 2.34. The molecule has 1 aromatic heterocycles. The Morgan fingerprint density at radius 3 is 2.44 bits per heavy atom. The Kier molecular flexibility index (Phi) is 2.81. The summed E-state index contributed by atoms with van der Waals surface area (Å²) in [7, 11) is 0. The number of anilines is 2. The van der Waals surface area contributed by atoms with Gasteiger partial charge in [0.25, 0.3) is 0 Å². The number of benzene rings is 1. The van der Waals surface area contributed by atoms with Crippen molar-refractivity contribution in [3.8, 4) is 0 Å². The molecule has 0 aliphatic rings. The molecule has 0 atom stereocenters. The molecule has 0 radical (unpaired) electrons. The van der Waals surface area contributed by atoms with Crippen molar-refractivity contribution < 1.29 is 8.78 Å². The van der Waals surface area contributed by atoms with Gasteiger partial charge in [0, 0.05) is 6.20 Å². The van der Waals surface area contributed by atoms with Crippen LogP contribution in [0.2, 0.25) is 0 Å². The van der Waals surface area contributed by atoms with Gasteiger partial charge in [-0.25, -0.2) is 13.8 Å². The summed E-state index contributed by atoms with van der Waals surface area (Å²) < 4.78 is 26.6. The number of rotatable bonds is 2. The Morgan fingerprint density at radius 1 is 1.12 bits per heavy atom. The lowest BCUT2D eigenvalue weighted by Crippen LogP contribution is -1.99. The highest BCUT2D eigenvalue weighted by Crippen LogP contribution is 2.22. The van der Waals surface area contributed by atoms with Crippen LogP contribution in [-0.2, 0) is 0 Å². The van der Waals surface area contributed by atoms with E-state index in [-0.39, 0.29) is 5.69 Å². The molecule has 4 heteroatoms. The van der Waals surface area contributed by atoms with E-state index < -0.39 is 11.6 Å². The summed E-state index contributed by atoms with van der Waals surface area (Å²) in [5.41, 5.74) is 0.787. The van der Waals surface area contributed by atoms with Gasteiger partial charge >= 0.3 is 0 Å². The highest BCUT2D eigenvalue weighted by atomic mass is 19.1. The van der Waals surface area contributed by atoms with Crippen molar-refractivity contribution in [1.29, 1.82) is 0 Å². The summed E-state index contributed by atoms with van der Waals surface area (Å²) in [6, 6.07) is 7.23. The first kappa shape index (κ1) is 10.5. The quantitative estimate of drug-likeness (QED) is 0.838. The van der Waals surface area contributed by atoms with Crippen LogP contribution in [0.5, 0.6) is 0 Å². The van der Waals surface area contributed by atoms with Gasteiger partial charge in [0.1, 0.15) is 23.1 Å². The first-order chi connectivity index (χ1) is 7.66. The van der Waals surface area contributed by atoms with Crippen molar-refractivity contribution >= 4 is 11.5 Å². The minimum atomic E-state index is -0.636. The SMILES string of the molecule is Cc1ccnc(Nc2c(F)cccc2F)c1. The highest BCUT2D eigenvalue weighted by molar-refractivity contribution is 5.57. The van der Waals surface area contributed by atoms with E-state index in [1.807, 2.05) is 13.0 Å². The lowest BCUT2D eigenvalue weighted by atomic mass is 10.2. The minimum Gasteiger partial charge on any atom is -0.335 e. The molecule has 0 unspecified atom stereocenters. The van der Waals surface area contributed by atoms with E-state index in [2.05, 4.69) is 10.3 Å². The summed E-state index contributed by atoms with van der Waals surface area (Å²) in [5, 5.41) is 2.62. The third-order valence-electron chi connectivity index (χ3n) is 2.13. The van der Waals surface area contributed by atoms with Gasteiger partial charge in [0.2, 0.25) is 0 Å². The number of nitrogens with one attached hydrogen (secondary N) is 1. The molecule has 0 spiro atoms. The maximum absolute atomic E-state index is 13.3. The third-order valence-corrected chi connectivity index (χ3v) is 2.13. The molecule has 2 rings (SSSR count). The number of para-hydroxylation sites is 1. The van der Waals surface area contributed by atoms with E-state index in [9.17, 15) is 8.78 Å². The number of nitrogens with zero attached hydrogens (tertiary/aromatic N) is 1. The molecule has 1 aromatic carbocycles. The molecular formula is C12H10F2N2. The molecule has 2 aromatic rings. The molecule has 0 bridgehead atoms. The normalized spacial score (nSPS) is 10.2. The van der Waals surface area contributed by atoms with Crippen molar-refractivity contribution in [2.75, 3.05) is 5.32 Å². The molecule has 1 N–H and O–H groups in total. The van der Waals surface area contributed by atoms with Crippen LogP contribution >= 0.6 is 0 Å². The summed E-state index contributed by atoms with van der Waals surface area (Å²) in [6.45, 7) is 1.88. The number of aryl methyl sites for hydroxylation is 1. The van der Waals surface area contributed by atoms with Crippen LogP contribution in [0.15, 0.2) is 36.5 Å². The van der Waals surface area contributed by atoms with E-state index in [4.69, 9.17) is 0 Å². The van der Waals surface area contributed by atoms with E-state index in [0.29, 0.717) is 5.82 Å². The van der Waals surface area contributed by atoms with Gasteiger partial charge in [-0.3, -0.25) is 0 Å². The zero-order chi connectivity index (χ0) is 11.5. The molecule has 0 saturated carbocycles. The lowest BCUT2D eigenvalue weighted by Gasteiger charge is -2.07. The molecular weight excluding hydrogens is 210 g/mol. The summed E-state index contributed by atoms with van der Waals surface area (Å²) in [5.74, 6) is -0.851. The molecule has 16 heavy (non-hydrogen) atoms. The predicted octanol–water partition coefficient (Wildman–Crippen LogP) is 3.41. The van der Waals surface area contributed by atoms with Crippen molar-refractivity contribution in [2.45, 2.75) is 6.92 Å². The van der Waals surface area contributed by atoms with Gasteiger partial charge in [-0.2, -0.15) is 0 Å². The second-order valence-corrected chi connectivity index (χ2v) is 3.44. The number of hydrogen-bond donors (Lipinski definition) is 1. The fourth-order valence-electron chi connectivity index (χ4n) is 1.35. The topological polar surface area (TPSA) is 24.9 Å². The van der Waals surface area contributed by atoms with Crippen molar-refractivity contribution in [1.82, 2.24) is 4.98 Å². The van der Waals surface area contributed by atoms with Gasteiger partial charge in [-0.05, 0) is 36.8 Å². The van der Waals surface area contributed by atoms with Crippen LogP contribution in [0.4, 0.5) is 20.3 Å². The molecule has 1 heterocycles. The van der Waals surface area contributed by atoms with Gasteiger partial charge < -0.3 is 5.32 Å². The number of halogens is 2. The molecule has 2 nitrogen and oxygen atoms in total. The van der Waals surface area contributed by atoms with E-state index >= 15 is 0 Å². The smallest absolute Gasteiger partial charge is 0.149 e. The lowest BCUT2D eigenvalue weighted by molar-refractivity contribution is 0.590. The molecule has 0 aliphatic heterocycles. The van der Waals surface area contributed by atoms with Crippen LogP contribution in [-0.4, -0.2) is 4.98 Å². The number of hydrogen-bond acceptors (Lipinski definition) is 2. The van der Waals surface area contributed by atoms with Gasteiger partial charge in [-0.15, -0.1) is 0 Å². The fourth-order valence-corrected chi connectivity index (χ4v) is 1.35. The monoisotopic (exact) mass is 220 g/mol. The van der Waals surface area contributed by atoms with Crippen LogP contribution in [0.3, 0.4) is 0 Å². The Bertz CT molecular complexity index is 492. The van der Waals surface area contributed by atoms with E-state index in [1.54, 1.807) is 12.3 Å². The molecule has 0 fully saturated rings. The van der Waals surface area contributed by atoms with Crippen molar-refractivity contribution in [2.24, 2.45) is 0 Å². The van der Waals surface area contributed by atoms with Crippen LogP contribution in [0.25, 0.3) is 0 Å². The molecule has 0 aliphatic carbocycles. The molecule has 0 saturated heterocycles. The van der Waals surface area contributed by atoms with Gasteiger partial charge in [0.05, 0.1) is 0 Å². The van der Waals surface area contributed by atoms with Crippen LogP contribution < -0.4 is 5.32 Å². The fraction of sp³-hybridized carbons (Fsp3) is 0.0833. The Hall–Kier alpha value is -1.97. The van der Waals surface area contributed by atoms with Crippen LogP contribution in [0.1, 0.15) is 5.56 Å². The Labute approximate surface area is 92.0 Å². The summed E-state index contributed by atoms with van der Waals surface area (Å²) in [6.07, 6.45) is 1.58. The minimum absolute atomic E-state index is 0.180. The number of pyridine rings is 1. The van der Waals surface area contributed by atoms with Crippen LogP contribution in [0, 0.1) is 18.6 Å². The zero-order valence-electron chi connectivity index (χ0n) is 8.67. The third kappa shape index (κ3) is 2.16. The molecule has 0 amide bonds. The molecule has 82 valence electrons. The van der Waals surface area contributed by atoms with Crippen molar-refractivity contribution in [3.63, 3.8) is 0 Å². The van der Waals surface area contributed by atoms with Gasteiger partial charge in [0.15, 0.2) is 0 Å². The average molecular weight is 220 g/mol. The first-order valence-corrected chi connectivity index (χ1v) is 4.80. The predicted molar refractivity (Wildman–Crippen MR) is 58.6 cm³/mol. The maximum atomic E-state index is 13.3. The maximum Gasteiger partial charge on any atom is 0.149 e. The summed E-state index contributed by atoms with van der Waals surface area (Å²) >= 11 is 0. The van der Waals surface area contributed by atoms with E-state index in [0.717, 1.165) is 5.56 Å². The first-order valence-electron chi connectivity index (χ1n) is 4.80. The number of aromatic nitrogens is 1. The second-order valence-electron chi connectivity index (χ2n) is 3.44. The van der Waals surface area contributed by atoms with E-state index in [1.165, 1.54) is 18.2 Å².